The van der Waals surface area contributed by atoms with Gasteiger partial charge in [-0.05, 0) is 232 Å². The van der Waals surface area contributed by atoms with Crippen LogP contribution in [-0.4, -0.2) is 42.1 Å². The third-order valence-corrected chi connectivity index (χ3v) is 16.8. The molecule has 0 atom stereocenters. The fraction of sp³-hybridized carbons (Fsp3) is 0. The molecule has 0 aliphatic carbocycles. The molecule has 382 valence electrons. The van der Waals surface area contributed by atoms with E-state index in [-0.39, 0.29) is 0 Å². The molecule has 0 saturated heterocycles. The first-order valence-electron chi connectivity index (χ1n) is 25.0. The van der Waals surface area contributed by atoms with E-state index in [9.17, 15) is 0 Å². The lowest BCUT2D eigenvalue weighted by Crippen LogP contribution is -2.29. The third-order valence-electron chi connectivity index (χ3n) is 13.1. The van der Waals surface area contributed by atoms with Crippen LogP contribution in [0.2, 0.25) is 0 Å². The first-order valence-corrected chi connectivity index (χ1v) is 28.2. The first-order chi connectivity index (χ1) is 38.6. The molecule has 0 fully saturated rings. The van der Waals surface area contributed by atoms with Gasteiger partial charge in [-0.3, -0.25) is 24.9 Å². The lowest BCUT2D eigenvalue weighted by Gasteiger charge is -2.19. The number of hydrogen-bond donors (Lipinski definition) is 2. The van der Waals surface area contributed by atoms with Gasteiger partial charge in [0, 0.05) is 84.7 Å². The number of nitrogens with zero attached hydrogens (tertiary/aromatic N) is 5. The smallest absolute Gasteiger partial charge is 0.423 e. The van der Waals surface area contributed by atoms with Gasteiger partial charge in [-0.2, -0.15) is 0 Å². The predicted octanol–water partition coefficient (Wildman–Crippen LogP) is 17.8. The molecule has 12 aromatic rings. The minimum atomic E-state index is -1.46. The maximum absolute atomic E-state index is 8.90. The van der Waals surface area contributed by atoms with Crippen LogP contribution in [0.25, 0.3) is 100 Å². The summed E-state index contributed by atoms with van der Waals surface area (Å²) in [7, 11) is -1.46. The minimum Gasteiger partial charge on any atom is -0.423 e. The molecule has 5 aromatic heterocycles. The fourth-order valence-corrected chi connectivity index (χ4v) is 10.9. The molecule has 0 aliphatic heterocycles. The summed E-state index contributed by atoms with van der Waals surface area (Å²) < 4.78 is 4.18. The second kappa shape index (κ2) is 26.2. The summed E-state index contributed by atoms with van der Waals surface area (Å²) in [5.41, 5.74) is 20.7. The molecule has 5 heterocycles. The molecule has 79 heavy (non-hydrogen) atoms. The van der Waals surface area contributed by atoms with Gasteiger partial charge in [0.05, 0.1) is 5.69 Å². The monoisotopic (exact) mass is 1280 g/mol. The molecule has 0 bridgehead atoms. The van der Waals surface area contributed by atoms with Crippen molar-refractivity contribution in [1.29, 1.82) is 0 Å². The molecule has 7 aromatic carbocycles. The fourth-order valence-electron chi connectivity index (χ4n) is 8.94. The van der Waals surface area contributed by atoms with Crippen LogP contribution in [0.1, 0.15) is 0 Å². The molecule has 0 unspecified atom stereocenters. The van der Waals surface area contributed by atoms with Gasteiger partial charge in [0.25, 0.3) is 0 Å². The highest BCUT2D eigenvalue weighted by Crippen LogP contribution is 2.44. The Labute approximate surface area is 493 Å². The molecule has 2 N–H and O–H groups in total. The van der Waals surface area contributed by atoms with E-state index in [0.717, 1.165) is 95.9 Å². The van der Waals surface area contributed by atoms with E-state index in [1.807, 2.05) is 141 Å². The molecule has 12 heteroatoms. The van der Waals surface area contributed by atoms with Crippen LogP contribution in [0.5, 0.6) is 0 Å². The summed E-state index contributed by atoms with van der Waals surface area (Å²) in [5, 5.41) is 17.8. The Morgan fingerprint density at radius 3 is 0.785 bits per heavy atom. The number of benzene rings is 7. The summed E-state index contributed by atoms with van der Waals surface area (Å²) in [4.78, 5) is 21.0. The Morgan fingerprint density at radius 1 is 0.266 bits per heavy atom. The van der Waals surface area contributed by atoms with Crippen molar-refractivity contribution in [3.05, 3.63) is 286 Å². The van der Waals surface area contributed by atoms with Crippen molar-refractivity contribution in [2.24, 2.45) is 0 Å². The van der Waals surface area contributed by atoms with Crippen LogP contribution in [0.3, 0.4) is 0 Å². The summed E-state index contributed by atoms with van der Waals surface area (Å²) >= 11 is 13.5. The van der Waals surface area contributed by atoms with E-state index in [4.69, 9.17) is 10.0 Å². The second-order valence-electron chi connectivity index (χ2n) is 18.1. The summed E-state index contributed by atoms with van der Waals surface area (Å²) in [6, 6.07) is 73.8. The number of pyridine rings is 5. The maximum atomic E-state index is 8.90. The van der Waals surface area contributed by atoms with Gasteiger partial charge in [0.2, 0.25) is 0 Å². The van der Waals surface area contributed by atoms with Crippen molar-refractivity contribution >= 4 is 76.3 Å². The van der Waals surface area contributed by atoms with Gasteiger partial charge < -0.3 is 10.0 Å². The average molecular weight is 1280 g/mol. The minimum absolute atomic E-state index is 0.398. The summed E-state index contributed by atoms with van der Waals surface area (Å²) in [6.45, 7) is 0. The Kier molecular flexibility index (Phi) is 18.1. The van der Waals surface area contributed by atoms with E-state index in [1.165, 1.54) is 28.5 Å². The van der Waals surface area contributed by atoms with Gasteiger partial charge in [0.15, 0.2) is 0 Å². The highest BCUT2D eigenvalue weighted by Gasteiger charge is 2.18. The van der Waals surface area contributed by atoms with Gasteiger partial charge in [-0.15, -0.1) is 0 Å². The third kappa shape index (κ3) is 13.7. The van der Waals surface area contributed by atoms with Crippen molar-refractivity contribution in [2.75, 3.05) is 0 Å². The quantitative estimate of drug-likeness (QED) is 0.104. The highest BCUT2D eigenvalue weighted by molar-refractivity contribution is 9.14. The van der Waals surface area contributed by atoms with E-state index in [0.29, 0.717) is 5.46 Å². The molecular formula is C67H46BBr4N5O2. The predicted molar refractivity (Wildman–Crippen MR) is 338 cm³/mol. The van der Waals surface area contributed by atoms with Crippen molar-refractivity contribution in [1.82, 2.24) is 24.9 Å². The lowest BCUT2D eigenvalue weighted by molar-refractivity contribution is 0.425. The van der Waals surface area contributed by atoms with Crippen LogP contribution in [-0.2, 0) is 0 Å². The highest BCUT2D eigenvalue weighted by atomic mass is 79.9. The Bertz CT molecular complexity index is 3480. The molecule has 0 radical (unpaired) electrons. The van der Waals surface area contributed by atoms with E-state index < -0.39 is 7.12 Å². The van der Waals surface area contributed by atoms with E-state index in [1.54, 1.807) is 12.1 Å². The SMILES string of the molecule is Brc1cc(Br)c(Br)cc1Br.OB(O)c1ccc(-c2ccccc2)nc1.c1cc(-c2ccc(-c3cc(-c4ccc(-c5ccncc5)cc4)c(-c4ccc(-c5ccncc5)cc4)cc3-c3ccc(-c4ccncc4)cc3)cc2)ccn1. The number of rotatable bonds is 10. The second-order valence-corrected chi connectivity index (χ2v) is 21.5. The van der Waals surface area contributed by atoms with Crippen LogP contribution in [0, 0.1) is 0 Å². The Morgan fingerprint density at radius 2 is 0.532 bits per heavy atom. The normalized spacial score (nSPS) is 10.7. The van der Waals surface area contributed by atoms with E-state index >= 15 is 0 Å². The molecule has 0 aliphatic rings. The first kappa shape index (κ1) is 54.5. The van der Waals surface area contributed by atoms with Gasteiger partial charge >= 0.3 is 7.12 Å². The van der Waals surface area contributed by atoms with Crippen LogP contribution in [0.15, 0.2) is 286 Å². The zero-order valence-corrected chi connectivity index (χ0v) is 48.5. The Balaban J connectivity index is 0.000000230. The number of aromatic nitrogens is 5. The molecule has 0 saturated carbocycles. The molecule has 0 spiro atoms. The molecule has 12 rings (SSSR count). The zero-order chi connectivity index (χ0) is 54.5. The maximum Gasteiger partial charge on any atom is 0.490 e. The van der Waals surface area contributed by atoms with Crippen LogP contribution >= 0.6 is 63.7 Å². The average Bonchev–Trinajstić information content (AvgIpc) is 3.52. The number of hydrogen-bond acceptors (Lipinski definition) is 7. The van der Waals surface area contributed by atoms with Crippen molar-refractivity contribution in [3.8, 4) is 100 Å². The van der Waals surface area contributed by atoms with Crippen molar-refractivity contribution < 1.29 is 10.0 Å². The van der Waals surface area contributed by atoms with Crippen molar-refractivity contribution in [2.45, 2.75) is 0 Å². The molecule has 0 amide bonds. The summed E-state index contributed by atoms with van der Waals surface area (Å²) in [5.74, 6) is 0. The van der Waals surface area contributed by atoms with Gasteiger partial charge in [-0.1, -0.05) is 133 Å². The van der Waals surface area contributed by atoms with E-state index in [2.05, 4.69) is 198 Å². The summed E-state index contributed by atoms with van der Waals surface area (Å²) in [6.07, 6.45) is 16.2. The lowest BCUT2D eigenvalue weighted by atomic mass is 9.81. The van der Waals surface area contributed by atoms with Crippen LogP contribution in [0.4, 0.5) is 0 Å². The van der Waals surface area contributed by atoms with Gasteiger partial charge in [0.1, 0.15) is 0 Å². The van der Waals surface area contributed by atoms with Crippen LogP contribution < -0.4 is 5.46 Å². The largest absolute Gasteiger partial charge is 0.490 e. The molecular weight excluding hydrogens is 1240 g/mol. The topological polar surface area (TPSA) is 105 Å². The molecule has 7 nitrogen and oxygen atoms in total. The van der Waals surface area contributed by atoms with Crippen molar-refractivity contribution in [3.63, 3.8) is 0 Å². The zero-order valence-electron chi connectivity index (χ0n) is 42.1. The Hall–Kier alpha value is -7.81. The standard InChI is InChI=1S/C50H34N4.C11H10BNO2.C6H2Br4/c1-9-43(10-2-35(1)39-17-25-51-26-18-39)47-33-49(45-13-5-37(6-14-45)41-21-29-53-30-22-41)50(46-15-7-38(8-16-46)42-23-31-54-32-24-42)34-48(47)44-11-3-36(4-12-44)40-19-27-52-28-20-40;14-12(15)10-6-7-11(13-8-10)9-4-2-1-3-5-9;7-3-1-4(8)6(10)2-5(3)9/h1-34H;1-8,14-15H;1-2H. The van der Waals surface area contributed by atoms with Gasteiger partial charge in [-0.25, -0.2) is 0 Å². The number of halogens is 4.